The van der Waals surface area contributed by atoms with Gasteiger partial charge in [0.1, 0.15) is 0 Å². The van der Waals surface area contributed by atoms with E-state index in [9.17, 15) is 4.79 Å². The molecule has 116 valence electrons. The summed E-state index contributed by atoms with van der Waals surface area (Å²) in [6, 6.07) is 0.495. The first-order valence-electron chi connectivity index (χ1n) is 8.81. The number of piperidine rings is 1. The molecular weight excluding hydrogens is 248 g/mol. The highest BCUT2D eigenvalue weighted by atomic mass is 16.2. The second-order valence-corrected chi connectivity index (χ2v) is 6.61. The maximum atomic E-state index is 12.6. The Bertz CT molecular complexity index is 281. The van der Waals surface area contributed by atoms with E-state index in [-0.39, 0.29) is 0 Å². The molecule has 1 amide bonds. The van der Waals surface area contributed by atoms with Gasteiger partial charge in [-0.2, -0.15) is 0 Å². The van der Waals surface area contributed by atoms with E-state index in [1.807, 2.05) is 0 Å². The number of amides is 1. The number of carbonyl (C=O) groups is 1. The summed E-state index contributed by atoms with van der Waals surface area (Å²) in [5, 5.41) is 3.40. The van der Waals surface area contributed by atoms with Crippen molar-refractivity contribution < 1.29 is 4.79 Å². The number of hydrogen-bond donors (Lipinski definition) is 1. The average Bonchev–Trinajstić information content (AvgIpc) is 2.52. The summed E-state index contributed by atoms with van der Waals surface area (Å²) in [7, 11) is 0. The van der Waals surface area contributed by atoms with Crippen LogP contribution in [0.5, 0.6) is 0 Å². The van der Waals surface area contributed by atoms with Gasteiger partial charge < -0.3 is 10.2 Å². The Hall–Kier alpha value is -0.570. The van der Waals surface area contributed by atoms with E-state index in [2.05, 4.69) is 17.1 Å². The molecule has 0 radical (unpaired) electrons. The molecule has 1 N–H and O–H groups in total. The zero-order valence-electron chi connectivity index (χ0n) is 13.2. The average molecular weight is 280 g/mol. The van der Waals surface area contributed by atoms with Gasteiger partial charge >= 0.3 is 0 Å². The summed E-state index contributed by atoms with van der Waals surface area (Å²) in [4.78, 5) is 14.8. The molecule has 0 aromatic heterocycles. The molecule has 0 aromatic carbocycles. The Labute approximate surface area is 124 Å². The molecule has 2 rings (SSSR count). The van der Waals surface area contributed by atoms with Gasteiger partial charge in [-0.05, 0) is 44.7 Å². The van der Waals surface area contributed by atoms with Crippen molar-refractivity contribution >= 4 is 5.91 Å². The van der Waals surface area contributed by atoms with Crippen LogP contribution >= 0.6 is 0 Å². The van der Waals surface area contributed by atoms with Crippen molar-refractivity contribution in [3.05, 3.63) is 0 Å². The highest BCUT2D eigenvalue weighted by molar-refractivity contribution is 5.76. The quantitative estimate of drug-likeness (QED) is 0.809. The predicted octanol–water partition coefficient (Wildman–Crippen LogP) is 3.34. The van der Waals surface area contributed by atoms with Crippen molar-refractivity contribution in [2.75, 3.05) is 19.6 Å². The largest absolute Gasteiger partial charge is 0.340 e. The van der Waals surface area contributed by atoms with Crippen molar-refractivity contribution in [1.82, 2.24) is 10.2 Å². The molecule has 3 heteroatoms. The highest BCUT2D eigenvalue weighted by Gasteiger charge is 2.25. The van der Waals surface area contributed by atoms with E-state index in [1.165, 1.54) is 32.1 Å². The van der Waals surface area contributed by atoms with Crippen molar-refractivity contribution in [1.29, 1.82) is 0 Å². The first-order valence-corrected chi connectivity index (χ1v) is 8.81. The van der Waals surface area contributed by atoms with Gasteiger partial charge in [0.25, 0.3) is 0 Å². The fraction of sp³-hybridized carbons (Fsp3) is 0.941. The van der Waals surface area contributed by atoms with E-state index in [1.54, 1.807) is 0 Å². The molecule has 0 bridgehead atoms. The van der Waals surface area contributed by atoms with Crippen LogP contribution in [0.1, 0.15) is 71.1 Å². The monoisotopic (exact) mass is 280 g/mol. The zero-order valence-corrected chi connectivity index (χ0v) is 13.2. The molecule has 1 aliphatic carbocycles. The van der Waals surface area contributed by atoms with E-state index < -0.39 is 0 Å². The number of rotatable bonds is 6. The number of carbonyl (C=O) groups excluding carboxylic acids is 1. The van der Waals surface area contributed by atoms with Gasteiger partial charge in [0, 0.05) is 19.0 Å². The Morgan fingerprint density at radius 1 is 1.10 bits per heavy atom. The van der Waals surface area contributed by atoms with Crippen LogP contribution in [0.15, 0.2) is 0 Å². The third-order valence-electron chi connectivity index (χ3n) is 5.03. The van der Waals surface area contributed by atoms with Crippen LogP contribution in [0.4, 0.5) is 0 Å². The van der Waals surface area contributed by atoms with Crippen molar-refractivity contribution in [2.45, 2.75) is 77.2 Å². The smallest absolute Gasteiger partial charge is 0.222 e. The molecule has 1 saturated carbocycles. The first-order chi connectivity index (χ1) is 9.81. The lowest BCUT2D eigenvalue weighted by molar-refractivity contribution is -0.134. The Balaban J connectivity index is 1.79. The van der Waals surface area contributed by atoms with Gasteiger partial charge in [-0.25, -0.2) is 0 Å². The fourth-order valence-corrected chi connectivity index (χ4v) is 3.82. The molecule has 0 aromatic rings. The predicted molar refractivity (Wildman–Crippen MR) is 83.7 cm³/mol. The minimum atomic E-state index is 0.421. The SMILES string of the molecule is CCCN(C(=O)CCC1CCCCC1)C1CCNCC1. The van der Waals surface area contributed by atoms with E-state index in [4.69, 9.17) is 0 Å². The summed E-state index contributed by atoms with van der Waals surface area (Å²) in [5.41, 5.74) is 0. The Kier molecular flexibility index (Phi) is 6.85. The zero-order chi connectivity index (χ0) is 14.2. The normalized spacial score (nSPS) is 21.9. The topological polar surface area (TPSA) is 32.3 Å². The lowest BCUT2D eigenvalue weighted by Crippen LogP contribution is -2.46. The summed E-state index contributed by atoms with van der Waals surface area (Å²) < 4.78 is 0. The summed E-state index contributed by atoms with van der Waals surface area (Å²) in [6.07, 6.45) is 12.1. The van der Waals surface area contributed by atoms with E-state index in [0.29, 0.717) is 11.9 Å². The number of nitrogens with zero attached hydrogens (tertiary/aromatic N) is 1. The van der Waals surface area contributed by atoms with E-state index >= 15 is 0 Å². The molecule has 2 aliphatic rings. The van der Waals surface area contributed by atoms with Crippen molar-refractivity contribution in [3.8, 4) is 0 Å². The van der Waals surface area contributed by atoms with Gasteiger partial charge in [-0.15, -0.1) is 0 Å². The maximum Gasteiger partial charge on any atom is 0.222 e. The lowest BCUT2D eigenvalue weighted by atomic mass is 9.86. The molecule has 1 heterocycles. The Morgan fingerprint density at radius 3 is 2.45 bits per heavy atom. The van der Waals surface area contributed by atoms with Crippen molar-refractivity contribution in [3.63, 3.8) is 0 Å². The third-order valence-corrected chi connectivity index (χ3v) is 5.03. The molecule has 20 heavy (non-hydrogen) atoms. The third kappa shape index (κ3) is 4.76. The second kappa shape index (κ2) is 8.66. The van der Waals surface area contributed by atoms with Crippen LogP contribution in [0.25, 0.3) is 0 Å². The van der Waals surface area contributed by atoms with Crippen LogP contribution in [-0.2, 0) is 4.79 Å². The molecule has 1 aliphatic heterocycles. The Morgan fingerprint density at radius 2 is 1.80 bits per heavy atom. The molecule has 0 spiro atoms. The van der Waals surface area contributed by atoms with Crippen molar-refractivity contribution in [2.24, 2.45) is 5.92 Å². The fourth-order valence-electron chi connectivity index (χ4n) is 3.82. The van der Waals surface area contributed by atoms with Crippen LogP contribution in [0, 0.1) is 5.92 Å². The van der Waals surface area contributed by atoms with Gasteiger partial charge in [-0.3, -0.25) is 4.79 Å². The lowest BCUT2D eigenvalue weighted by Gasteiger charge is -2.35. The molecule has 0 atom stereocenters. The number of nitrogens with one attached hydrogen (secondary N) is 1. The second-order valence-electron chi connectivity index (χ2n) is 6.61. The summed E-state index contributed by atoms with van der Waals surface area (Å²) in [5.74, 6) is 1.24. The molecule has 0 unspecified atom stereocenters. The molecule has 1 saturated heterocycles. The minimum absolute atomic E-state index is 0.421. The van der Waals surface area contributed by atoms with Crippen LogP contribution < -0.4 is 5.32 Å². The maximum absolute atomic E-state index is 12.6. The van der Waals surface area contributed by atoms with Gasteiger partial charge in [-0.1, -0.05) is 39.0 Å². The molecule has 3 nitrogen and oxygen atoms in total. The van der Waals surface area contributed by atoms with Crippen LogP contribution in [0.3, 0.4) is 0 Å². The molecule has 2 fully saturated rings. The van der Waals surface area contributed by atoms with Crippen LogP contribution in [0.2, 0.25) is 0 Å². The van der Waals surface area contributed by atoms with Gasteiger partial charge in [0.15, 0.2) is 0 Å². The van der Waals surface area contributed by atoms with Gasteiger partial charge in [0.2, 0.25) is 5.91 Å². The number of hydrogen-bond acceptors (Lipinski definition) is 2. The standard InChI is InChI=1S/C17H32N2O/c1-2-14-19(16-10-12-18-13-11-16)17(20)9-8-15-6-4-3-5-7-15/h15-16,18H,2-14H2,1H3. The highest BCUT2D eigenvalue weighted by Crippen LogP contribution is 2.28. The van der Waals surface area contributed by atoms with Crippen LogP contribution in [-0.4, -0.2) is 36.5 Å². The van der Waals surface area contributed by atoms with Gasteiger partial charge in [0.05, 0.1) is 0 Å². The summed E-state index contributed by atoms with van der Waals surface area (Å²) >= 11 is 0. The molecular formula is C17H32N2O. The minimum Gasteiger partial charge on any atom is -0.340 e. The first kappa shape index (κ1) is 15.8. The summed E-state index contributed by atoms with van der Waals surface area (Å²) in [6.45, 7) is 5.28. The van der Waals surface area contributed by atoms with E-state index in [0.717, 1.165) is 57.7 Å².